The Bertz CT molecular complexity index is 590. The molecular formula is C15H20N4O3S. The molecule has 124 valence electrons. The van der Waals surface area contributed by atoms with Crippen molar-refractivity contribution in [3.05, 3.63) is 22.4 Å². The van der Waals surface area contributed by atoms with Gasteiger partial charge in [0, 0.05) is 26.2 Å². The Kier molecular flexibility index (Phi) is 4.92. The molecule has 3 heterocycles. The van der Waals surface area contributed by atoms with E-state index in [0.717, 1.165) is 6.42 Å². The van der Waals surface area contributed by atoms with Crippen molar-refractivity contribution in [2.24, 2.45) is 0 Å². The number of amides is 3. The maximum Gasteiger partial charge on any atom is 0.264 e. The van der Waals surface area contributed by atoms with E-state index >= 15 is 0 Å². The van der Waals surface area contributed by atoms with E-state index < -0.39 is 12.1 Å². The molecule has 0 aromatic carbocycles. The van der Waals surface area contributed by atoms with Gasteiger partial charge in [0.1, 0.15) is 12.1 Å². The maximum absolute atomic E-state index is 12.4. The zero-order valence-electron chi connectivity index (χ0n) is 12.7. The molecule has 0 unspecified atom stereocenters. The Hall–Kier alpha value is -1.93. The minimum atomic E-state index is -0.484. The Morgan fingerprint density at radius 3 is 2.96 bits per heavy atom. The summed E-state index contributed by atoms with van der Waals surface area (Å²) in [6.45, 7) is 2.11. The Labute approximate surface area is 138 Å². The van der Waals surface area contributed by atoms with E-state index in [2.05, 4.69) is 16.0 Å². The van der Waals surface area contributed by atoms with Crippen LogP contribution in [0.5, 0.6) is 0 Å². The van der Waals surface area contributed by atoms with Gasteiger partial charge in [0.15, 0.2) is 0 Å². The highest BCUT2D eigenvalue weighted by atomic mass is 32.1. The van der Waals surface area contributed by atoms with Crippen molar-refractivity contribution in [1.29, 1.82) is 0 Å². The van der Waals surface area contributed by atoms with Gasteiger partial charge in [-0.25, -0.2) is 0 Å². The topological polar surface area (TPSA) is 90.5 Å². The molecule has 2 aliphatic heterocycles. The van der Waals surface area contributed by atoms with E-state index in [4.69, 9.17) is 0 Å². The molecule has 1 aromatic rings. The molecule has 0 radical (unpaired) electrons. The number of carbonyl (C=O) groups is 3. The fraction of sp³-hybridized carbons (Fsp3) is 0.533. The van der Waals surface area contributed by atoms with Gasteiger partial charge >= 0.3 is 0 Å². The van der Waals surface area contributed by atoms with Crippen molar-refractivity contribution in [2.45, 2.75) is 24.9 Å². The molecule has 0 spiro atoms. The number of hydrogen-bond donors (Lipinski definition) is 3. The lowest BCUT2D eigenvalue weighted by Crippen LogP contribution is -2.61. The molecule has 2 atom stereocenters. The normalized spacial score (nSPS) is 24.9. The molecule has 0 bridgehead atoms. The summed E-state index contributed by atoms with van der Waals surface area (Å²) in [5, 5.41) is 10.5. The van der Waals surface area contributed by atoms with E-state index in [1.54, 1.807) is 11.0 Å². The van der Waals surface area contributed by atoms with Gasteiger partial charge in [0.2, 0.25) is 11.8 Å². The van der Waals surface area contributed by atoms with Crippen LogP contribution in [0.15, 0.2) is 17.5 Å². The maximum atomic E-state index is 12.4. The first kappa shape index (κ1) is 15.9. The average molecular weight is 336 g/mol. The molecule has 23 heavy (non-hydrogen) atoms. The van der Waals surface area contributed by atoms with E-state index in [0.29, 0.717) is 37.5 Å². The minimum absolute atomic E-state index is 0.0466. The predicted molar refractivity (Wildman–Crippen MR) is 86.2 cm³/mol. The number of piperazine rings is 1. The first-order chi connectivity index (χ1) is 11.1. The molecule has 8 heteroatoms. The number of nitrogens with zero attached hydrogens (tertiary/aromatic N) is 1. The SMILES string of the molecule is O=C(N[C@@H]1CCCNC1=O)[C@H]1CN(C(=O)c2cccs2)CCN1. The fourth-order valence-electron chi connectivity index (χ4n) is 2.85. The van der Waals surface area contributed by atoms with Gasteiger partial charge in [0.25, 0.3) is 5.91 Å². The second kappa shape index (κ2) is 7.10. The van der Waals surface area contributed by atoms with E-state index in [1.165, 1.54) is 11.3 Å². The third-order valence-corrected chi connectivity index (χ3v) is 4.97. The fourth-order valence-corrected chi connectivity index (χ4v) is 3.54. The van der Waals surface area contributed by atoms with E-state index in [-0.39, 0.29) is 17.7 Å². The predicted octanol–water partition coefficient (Wildman–Crippen LogP) is -0.443. The molecule has 7 nitrogen and oxygen atoms in total. The molecule has 0 saturated carbocycles. The molecule has 2 fully saturated rings. The van der Waals surface area contributed by atoms with Gasteiger partial charge in [-0.2, -0.15) is 0 Å². The highest BCUT2D eigenvalue weighted by Crippen LogP contribution is 2.14. The Morgan fingerprint density at radius 1 is 1.35 bits per heavy atom. The smallest absolute Gasteiger partial charge is 0.264 e. The first-order valence-corrected chi connectivity index (χ1v) is 8.67. The lowest BCUT2D eigenvalue weighted by atomic mass is 10.1. The summed E-state index contributed by atoms with van der Waals surface area (Å²) < 4.78 is 0. The second-order valence-corrected chi connectivity index (χ2v) is 6.68. The number of nitrogens with one attached hydrogen (secondary N) is 3. The van der Waals surface area contributed by atoms with Crippen LogP contribution in [0.3, 0.4) is 0 Å². The first-order valence-electron chi connectivity index (χ1n) is 7.79. The number of rotatable bonds is 3. The van der Waals surface area contributed by atoms with Gasteiger partial charge in [-0.05, 0) is 24.3 Å². The molecule has 2 aliphatic rings. The van der Waals surface area contributed by atoms with Gasteiger partial charge in [-0.1, -0.05) is 6.07 Å². The van der Waals surface area contributed by atoms with Crippen molar-refractivity contribution in [2.75, 3.05) is 26.2 Å². The van der Waals surface area contributed by atoms with Gasteiger partial charge in [-0.15, -0.1) is 11.3 Å². The lowest BCUT2D eigenvalue weighted by molar-refractivity contribution is -0.131. The van der Waals surface area contributed by atoms with Crippen LogP contribution in [0.1, 0.15) is 22.5 Å². The van der Waals surface area contributed by atoms with Crippen molar-refractivity contribution in [3.8, 4) is 0 Å². The summed E-state index contributed by atoms with van der Waals surface area (Å²) in [7, 11) is 0. The summed E-state index contributed by atoms with van der Waals surface area (Å²) in [5.41, 5.74) is 0. The summed E-state index contributed by atoms with van der Waals surface area (Å²) in [4.78, 5) is 38.9. The molecule has 0 aliphatic carbocycles. The van der Waals surface area contributed by atoms with Crippen molar-refractivity contribution in [3.63, 3.8) is 0 Å². The van der Waals surface area contributed by atoms with Gasteiger partial charge < -0.3 is 20.9 Å². The quantitative estimate of drug-likeness (QED) is 0.698. The van der Waals surface area contributed by atoms with E-state index in [9.17, 15) is 14.4 Å². The number of carbonyl (C=O) groups excluding carboxylic acids is 3. The van der Waals surface area contributed by atoms with Crippen LogP contribution in [0.4, 0.5) is 0 Å². The standard InChI is InChI=1S/C15H20N4O3S/c20-13-10(3-1-5-17-13)18-14(21)11-9-19(7-6-16-11)15(22)12-4-2-8-23-12/h2,4,8,10-11,16H,1,3,5-7,9H2,(H,17,20)(H,18,21)/t10-,11-/m1/s1. The van der Waals surface area contributed by atoms with Crippen LogP contribution in [-0.4, -0.2) is 60.9 Å². The molecular weight excluding hydrogens is 316 g/mol. The summed E-state index contributed by atoms with van der Waals surface area (Å²) in [6, 6.07) is 2.67. The third kappa shape index (κ3) is 3.70. The largest absolute Gasteiger partial charge is 0.354 e. The van der Waals surface area contributed by atoms with Crippen molar-refractivity contribution in [1.82, 2.24) is 20.9 Å². The minimum Gasteiger partial charge on any atom is -0.354 e. The highest BCUT2D eigenvalue weighted by molar-refractivity contribution is 7.12. The summed E-state index contributed by atoms with van der Waals surface area (Å²) in [6.07, 6.45) is 1.51. The molecule has 1 aromatic heterocycles. The lowest BCUT2D eigenvalue weighted by Gasteiger charge is -2.33. The van der Waals surface area contributed by atoms with Crippen molar-refractivity contribution >= 4 is 29.1 Å². The average Bonchev–Trinajstić information content (AvgIpc) is 3.11. The van der Waals surface area contributed by atoms with Crippen LogP contribution in [-0.2, 0) is 9.59 Å². The van der Waals surface area contributed by atoms with Crippen LogP contribution in [0, 0.1) is 0 Å². The molecule has 3 N–H and O–H groups in total. The van der Waals surface area contributed by atoms with E-state index in [1.807, 2.05) is 11.4 Å². The molecule has 3 amide bonds. The zero-order valence-corrected chi connectivity index (χ0v) is 13.5. The van der Waals surface area contributed by atoms with Gasteiger partial charge in [0.05, 0.1) is 4.88 Å². The van der Waals surface area contributed by atoms with Crippen LogP contribution < -0.4 is 16.0 Å². The summed E-state index contributed by atoms with van der Waals surface area (Å²) >= 11 is 1.40. The zero-order chi connectivity index (χ0) is 16.2. The summed E-state index contributed by atoms with van der Waals surface area (Å²) in [5.74, 6) is -0.405. The highest BCUT2D eigenvalue weighted by Gasteiger charge is 2.31. The molecule has 3 rings (SSSR count). The number of piperidine rings is 1. The van der Waals surface area contributed by atoms with Gasteiger partial charge in [-0.3, -0.25) is 14.4 Å². The monoisotopic (exact) mass is 336 g/mol. The number of thiophene rings is 1. The van der Waals surface area contributed by atoms with Crippen molar-refractivity contribution < 1.29 is 14.4 Å². The Morgan fingerprint density at radius 2 is 2.22 bits per heavy atom. The molecule has 2 saturated heterocycles. The van der Waals surface area contributed by atoms with Crippen LogP contribution in [0.2, 0.25) is 0 Å². The third-order valence-electron chi connectivity index (χ3n) is 4.11. The van der Waals surface area contributed by atoms with Crippen LogP contribution in [0.25, 0.3) is 0 Å². The Balaban J connectivity index is 1.58. The number of hydrogen-bond acceptors (Lipinski definition) is 5. The van der Waals surface area contributed by atoms with Crippen LogP contribution >= 0.6 is 11.3 Å². The second-order valence-electron chi connectivity index (χ2n) is 5.73.